The number of aromatic amines is 1. The summed E-state index contributed by atoms with van der Waals surface area (Å²) in [6.07, 6.45) is 0. The summed E-state index contributed by atoms with van der Waals surface area (Å²) in [5.41, 5.74) is 5.59. The predicted molar refractivity (Wildman–Crippen MR) is 93.3 cm³/mol. The van der Waals surface area contributed by atoms with Crippen molar-refractivity contribution in [1.29, 1.82) is 0 Å². The molecule has 0 bridgehead atoms. The van der Waals surface area contributed by atoms with Gasteiger partial charge in [-0.3, -0.25) is 4.57 Å². The summed E-state index contributed by atoms with van der Waals surface area (Å²) in [6.45, 7) is 4.18. The van der Waals surface area contributed by atoms with Gasteiger partial charge in [0.25, 0.3) is 0 Å². The number of hydrogen-bond donors (Lipinski definition) is 1. The first-order valence-corrected chi connectivity index (χ1v) is 8.14. The van der Waals surface area contributed by atoms with Crippen molar-refractivity contribution < 1.29 is 0 Å². The van der Waals surface area contributed by atoms with Crippen LogP contribution in [0.3, 0.4) is 0 Å². The first kappa shape index (κ1) is 14.0. The molecule has 20 heavy (non-hydrogen) atoms. The van der Waals surface area contributed by atoms with Crippen LogP contribution in [0, 0.1) is 18.6 Å². The van der Waals surface area contributed by atoms with Gasteiger partial charge in [0.2, 0.25) is 0 Å². The standard InChI is InChI=1S/C15H12Br2N2S/c1-8-5-11(6-9(2)14(8)17)19-13-7-10(16)3-4-12(13)18-15(19)20/h3-7H,1-2H3,(H,18,20). The van der Waals surface area contributed by atoms with Gasteiger partial charge in [-0.25, -0.2) is 0 Å². The SMILES string of the molecule is Cc1cc(-n2c(=S)[nH]c3ccc(Br)cc32)cc(C)c1Br. The molecule has 0 saturated heterocycles. The van der Waals surface area contributed by atoms with Gasteiger partial charge in [-0.1, -0.05) is 31.9 Å². The molecule has 0 unspecified atom stereocenters. The van der Waals surface area contributed by atoms with Gasteiger partial charge >= 0.3 is 0 Å². The molecule has 0 amide bonds. The Morgan fingerprint density at radius 2 is 1.70 bits per heavy atom. The van der Waals surface area contributed by atoms with E-state index in [4.69, 9.17) is 12.2 Å². The number of imidazole rings is 1. The average Bonchev–Trinajstić information content (AvgIpc) is 2.70. The Morgan fingerprint density at radius 1 is 1.05 bits per heavy atom. The van der Waals surface area contributed by atoms with E-state index in [2.05, 4.69) is 73.5 Å². The van der Waals surface area contributed by atoms with Gasteiger partial charge in [-0.05, 0) is 67.5 Å². The Bertz CT molecular complexity index is 854. The molecular weight excluding hydrogens is 400 g/mol. The first-order chi connectivity index (χ1) is 9.47. The summed E-state index contributed by atoms with van der Waals surface area (Å²) in [5, 5.41) is 0. The van der Waals surface area contributed by atoms with Gasteiger partial charge in [0, 0.05) is 14.6 Å². The third-order valence-corrected chi connectivity index (χ3v) is 5.35. The van der Waals surface area contributed by atoms with Crippen molar-refractivity contribution in [2.24, 2.45) is 0 Å². The molecule has 3 rings (SSSR count). The van der Waals surface area contributed by atoms with E-state index in [1.54, 1.807) is 0 Å². The lowest BCUT2D eigenvalue weighted by Gasteiger charge is -2.10. The Kier molecular flexibility index (Phi) is 3.60. The van der Waals surface area contributed by atoms with Gasteiger partial charge in [0.1, 0.15) is 0 Å². The van der Waals surface area contributed by atoms with Crippen molar-refractivity contribution in [3.05, 3.63) is 55.2 Å². The molecular formula is C15H12Br2N2S. The number of aryl methyl sites for hydroxylation is 2. The maximum atomic E-state index is 5.48. The van der Waals surface area contributed by atoms with E-state index >= 15 is 0 Å². The van der Waals surface area contributed by atoms with Gasteiger partial charge in [-0.15, -0.1) is 0 Å². The lowest BCUT2D eigenvalue weighted by Crippen LogP contribution is -1.96. The number of benzene rings is 2. The Balaban J connectivity index is 2.37. The van der Waals surface area contributed by atoms with E-state index in [1.165, 1.54) is 11.1 Å². The Labute approximate surface area is 139 Å². The molecule has 1 heterocycles. The minimum absolute atomic E-state index is 0.708. The highest BCUT2D eigenvalue weighted by Crippen LogP contribution is 2.28. The summed E-state index contributed by atoms with van der Waals surface area (Å²) >= 11 is 12.6. The van der Waals surface area contributed by atoms with Crippen LogP contribution in [0.1, 0.15) is 11.1 Å². The second-order valence-corrected chi connectivity index (χ2v) is 6.92. The third-order valence-electron chi connectivity index (χ3n) is 3.32. The molecule has 2 aromatic carbocycles. The zero-order chi connectivity index (χ0) is 14.4. The number of aromatic nitrogens is 2. The highest BCUT2D eigenvalue weighted by atomic mass is 79.9. The number of rotatable bonds is 1. The predicted octanol–water partition coefficient (Wildman–Crippen LogP) is 5.83. The van der Waals surface area contributed by atoms with Crippen LogP contribution in [0.25, 0.3) is 16.7 Å². The fraction of sp³-hybridized carbons (Fsp3) is 0.133. The van der Waals surface area contributed by atoms with Crippen LogP contribution in [0.15, 0.2) is 39.3 Å². The summed E-state index contributed by atoms with van der Waals surface area (Å²) in [5.74, 6) is 0. The maximum absolute atomic E-state index is 5.48. The minimum Gasteiger partial charge on any atom is -0.330 e. The second kappa shape index (κ2) is 5.13. The molecule has 0 fully saturated rings. The Hall–Kier alpha value is -0.910. The van der Waals surface area contributed by atoms with Crippen LogP contribution in [0.2, 0.25) is 0 Å². The van der Waals surface area contributed by atoms with Gasteiger partial charge in [-0.2, -0.15) is 0 Å². The number of H-pyrrole nitrogens is 1. The fourth-order valence-electron chi connectivity index (χ4n) is 2.38. The van der Waals surface area contributed by atoms with Crippen molar-refractivity contribution in [3.63, 3.8) is 0 Å². The van der Waals surface area contributed by atoms with Crippen molar-refractivity contribution in [1.82, 2.24) is 9.55 Å². The molecule has 0 atom stereocenters. The molecule has 102 valence electrons. The molecule has 3 aromatic rings. The average molecular weight is 412 g/mol. The fourth-order valence-corrected chi connectivity index (χ4v) is 3.28. The third kappa shape index (κ3) is 2.28. The van der Waals surface area contributed by atoms with Crippen LogP contribution in [-0.4, -0.2) is 9.55 Å². The topological polar surface area (TPSA) is 20.7 Å². The van der Waals surface area contributed by atoms with E-state index in [9.17, 15) is 0 Å². The number of fused-ring (bicyclic) bond motifs is 1. The second-order valence-electron chi connectivity index (χ2n) is 4.82. The van der Waals surface area contributed by atoms with Crippen LogP contribution in [0.4, 0.5) is 0 Å². The van der Waals surface area contributed by atoms with Gasteiger partial charge in [0.15, 0.2) is 4.77 Å². The van der Waals surface area contributed by atoms with Crippen LogP contribution in [0.5, 0.6) is 0 Å². The quantitative estimate of drug-likeness (QED) is 0.499. The van der Waals surface area contributed by atoms with Crippen LogP contribution < -0.4 is 0 Å². The van der Waals surface area contributed by atoms with Gasteiger partial charge < -0.3 is 4.98 Å². The summed E-state index contributed by atoms with van der Waals surface area (Å²) in [6, 6.07) is 10.4. The largest absolute Gasteiger partial charge is 0.330 e. The lowest BCUT2D eigenvalue weighted by atomic mass is 10.1. The van der Waals surface area contributed by atoms with E-state index < -0.39 is 0 Å². The van der Waals surface area contributed by atoms with Crippen LogP contribution in [-0.2, 0) is 0 Å². The summed E-state index contributed by atoms with van der Waals surface area (Å²) in [7, 11) is 0. The molecule has 5 heteroatoms. The molecule has 1 aromatic heterocycles. The first-order valence-electron chi connectivity index (χ1n) is 6.15. The zero-order valence-corrected chi connectivity index (χ0v) is 15.0. The van der Waals surface area contributed by atoms with Crippen molar-refractivity contribution in [2.45, 2.75) is 13.8 Å². The number of halogens is 2. The molecule has 1 N–H and O–H groups in total. The van der Waals surface area contributed by atoms with Gasteiger partial charge in [0.05, 0.1) is 11.0 Å². The minimum atomic E-state index is 0.708. The zero-order valence-electron chi connectivity index (χ0n) is 11.0. The number of hydrogen-bond acceptors (Lipinski definition) is 1. The highest BCUT2D eigenvalue weighted by Gasteiger charge is 2.09. The number of nitrogens with one attached hydrogen (secondary N) is 1. The van der Waals surface area contributed by atoms with Crippen LogP contribution >= 0.6 is 44.1 Å². The van der Waals surface area contributed by atoms with E-state index in [1.807, 2.05) is 12.1 Å². The summed E-state index contributed by atoms with van der Waals surface area (Å²) < 4.78 is 4.97. The molecule has 0 saturated carbocycles. The number of nitrogens with zero attached hydrogens (tertiary/aromatic N) is 1. The van der Waals surface area contributed by atoms with E-state index in [0.717, 1.165) is 25.7 Å². The monoisotopic (exact) mass is 410 g/mol. The smallest absolute Gasteiger partial charge is 0.182 e. The molecule has 0 aliphatic rings. The lowest BCUT2D eigenvalue weighted by molar-refractivity contribution is 1.05. The molecule has 0 spiro atoms. The van der Waals surface area contributed by atoms with E-state index in [-0.39, 0.29) is 0 Å². The molecule has 0 aliphatic carbocycles. The maximum Gasteiger partial charge on any atom is 0.182 e. The molecule has 2 nitrogen and oxygen atoms in total. The Morgan fingerprint density at radius 3 is 2.35 bits per heavy atom. The normalized spacial score (nSPS) is 11.2. The van der Waals surface area contributed by atoms with Crippen molar-refractivity contribution >= 4 is 55.1 Å². The summed E-state index contributed by atoms with van der Waals surface area (Å²) in [4.78, 5) is 3.25. The molecule has 0 aliphatic heterocycles. The highest BCUT2D eigenvalue weighted by molar-refractivity contribution is 9.10. The van der Waals surface area contributed by atoms with Crippen molar-refractivity contribution in [3.8, 4) is 5.69 Å². The molecule has 0 radical (unpaired) electrons. The van der Waals surface area contributed by atoms with E-state index in [0.29, 0.717) is 4.77 Å². The van der Waals surface area contributed by atoms with Crippen molar-refractivity contribution in [2.75, 3.05) is 0 Å².